The van der Waals surface area contributed by atoms with E-state index in [9.17, 15) is 18.0 Å². The third-order valence-corrected chi connectivity index (χ3v) is 6.54. The molecule has 1 aliphatic heterocycles. The molecule has 0 spiro atoms. The summed E-state index contributed by atoms with van der Waals surface area (Å²) in [6, 6.07) is 8.94. The summed E-state index contributed by atoms with van der Waals surface area (Å²) in [5, 5.41) is 2.92. The predicted octanol–water partition coefficient (Wildman–Crippen LogP) is 1.45. The van der Waals surface area contributed by atoms with E-state index >= 15 is 0 Å². The number of hydrogen-bond donors (Lipinski definition) is 1. The highest BCUT2D eigenvalue weighted by atomic mass is 32.2. The van der Waals surface area contributed by atoms with Crippen LogP contribution < -0.4 is 5.32 Å². The Kier molecular flexibility index (Phi) is 6.05. The number of rotatable bonds is 5. The molecule has 1 aliphatic rings. The van der Waals surface area contributed by atoms with E-state index in [0.717, 1.165) is 0 Å². The van der Waals surface area contributed by atoms with Gasteiger partial charge in [0.2, 0.25) is 10.0 Å². The van der Waals surface area contributed by atoms with Crippen LogP contribution in [0.3, 0.4) is 0 Å². The second-order valence-electron chi connectivity index (χ2n) is 6.41. The number of nitrogens with zero attached hydrogens (tertiary/aromatic N) is 2. The van der Waals surface area contributed by atoms with Crippen molar-refractivity contribution in [1.29, 1.82) is 0 Å². The molecular weight excluding hydrogens is 382 g/mol. The Morgan fingerprint density at radius 2 is 1.79 bits per heavy atom. The van der Waals surface area contributed by atoms with Gasteiger partial charge in [-0.15, -0.1) is 0 Å². The minimum absolute atomic E-state index is 0.0964. The molecule has 1 aromatic carbocycles. The van der Waals surface area contributed by atoms with Gasteiger partial charge in [0.05, 0.1) is 23.1 Å². The molecule has 0 saturated carbocycles. The Bertz CT molecular complexity index is 937. The number of carbonyl (C=O) groups excluding carboxylic acids is 2. The fraction of sp³-hybridized carbons (Fsp3) is 0.316. The van der Waals surface area contributed by atoms with Crippen LogP contribution in [0.25, 0.3) is 0 Å². The lowest BCUT2D eigenvalue weighted by Crippen LogP contribution is -2.46. The number of pyridine rings is 1. The van der Waals surface area contributed by atoms with Crippen LogP contribution >= 0.6 is 0 Å². The van der Waals surface area contributed by atoms with E-state index in [0.29, 0.717) is 37.1 Å². The first-order valence-electron chi connectivity index (χ1n) is 8.81. The first-order chi connectivity index (χ1) is 13.4. The van der Waals surface area contributed by atoms with Crippen molar-refractivity contribution in [3.8, 4) is 0 Å². The van der Waals surface area contributed by atoms with Crippen LogP contribution in [0, 0.1) is 0 Å². The van der Waals surface area contributed by atoms with Gasteiger partial charge in [0.15, 0.2) is 0 Å². The molecule has 2 aromatic rings. The Morgan fingerprint density at radius 3 is 2.36 bits per heavy atom. The van der Waals surface area contributed by atoms with Crippen LogP contribution in [0.2, 0.25) is 0 Å². The molecular formula is C19H21N3O5S. The molecule has 0 unspecified atom stereocenters. The average molecular weight is 403 g/mol. The number of carbonyl (C=O) groups is 2. The summed E-state index contributed by atoms with van der Waals surface area (Å²) < 4.78 is 31.6. The number of amides is 1. The van der Waals surface area contributed by atoms with Crippen molar-refractivity contribution in [2.24, 2.45) is 0 Å². The van der Waals surface area contributed by atoms with Gasteiger partial charge in [-0.1, -0.05) is 0 Å². The van der Waals surface area contributed by atoms with Crippen LogP contribution in [-0.4, -0.2) is 55.8 Å². The molecule has 1 fully saturated rings. The van der Waals surface area contributed by atoms with Crippen LogP contribution in [-0.2, 0) is 14.8 Å². The minimum Gasteiger partial charge on any atom is -0.465 e. The van der Waals surface area contributed by atoms with Crippen LogP contribution in [0.1, 0.15) is 33.6 Å². The number of sulfonamides is 1. The van der Waals surface area contributed by atoms with Gasteiger partial charge in [-0.25, -0.2) is 13.2 Å². The quantitative estimate of drug-likeness (QED) is 0.758. The summed E-state index contributed by atoms with van der Waals surface area (Å²) in [4.78, 5) is 27.7. The van der Waals surface area contributed by atoms with Crippen molar-refractivity contribution in [3.63, 3.8) is 0 Å². The van der Waals surface area contributed by atoms with Crippen molar-refractivity contribution in [2.75, 3.05) is 20.2 Å². The lowest BCUT2D eigenvalue weighted by molar-refractivity contribution is 0.0600. The number of nitrogens with one attached hydrogen (secondary N) is 1. The standard InChI is InChI=1S/C19H21N3O5S/c1-27-19(24)14-4-6-17(7-5-14)28(25,26)22-11-8-16(9-12-22)21-18(23)15-3-2-10-20-13-15/h2-7,10,13,16H,8-9,11-12H2,1H3,(H,21,23). The van der Waals surface area contributed by atoms with Crippen LogP contribution in [0.15, 0.2) is 53.7 Å². The maximum Gasteiger partial charge on any atom is 0.337 e. The molecule has 2 heterocycles. The van der Waals surface area contributed by atoms with Crippen molar-refractivity contribution in [2.45, 2.75) is 23.8 Å². The first kappa shape index (κ1) is 20.0. The highest BCUT2D eigenvalue weighted by Gasteiger charge is 2.30. The van der Waals surface area contributed by atoms with E-state index < -0.39 is 16.0 Å². The lowest BCUT2D eigenvalue weighted by atomic mass is 10.1. The van der Waals surface area contributed by atoms with Crippen LogP contribution in [0.5, 0.6) is 0 Å². The summed E-state index contributed by atoms with van der Waals surface area (Å²) in [6.07, 6.45) is 4.13. The number of piperidine rings is 1. The minimum atomic E-state index is -3.66. The molecule has 0 bridgehead atoms. The molecule has 0 aliphatic carbocycles. The van der Waals surface area contributed by atoms with Gasteiger partial charge >= 0.3 is 5.97 Å². The number of aromatic nitrogens is 1. The maximum atomic E-state index is 12.8. The molecule has 0 atom stereocenters. The van der Waals surface area contributed by atoms with Gasteiger partial charge in [0.25, 0.3) is 5.91 Å². The monoisotopic (exact) mass is 403 g/mol. The van der Waals surface area contributed by atoms with Crippen molar-refractivity contribution >= 4 is 21.9 Å². The van der Waals surface area contributed by atoms with Crippen molar-refractivity contribution in [1.82, 2.24) is 14.6 Å². The summed E-state index contributed by atoms with van der Waals surface area (Å²) in [6.45, 7) is 0.609. The molecule has 1 saturated heterocycles. The van der Waals surface area contributed by atoms with E-state index in [1.165, 1.54) is 41.9 Å². The van der Waals surface area contributed by atoms with Crippen LogP contribution in [0.4, 0.5) is 0 Å². The Balaban J connectivity index is 1.60. The van der Waals surface area contributed by atoms with E-state index in [2.05, 4.69) is 15.0 Å². The lowest BCUT2D eigenvalue weighted by Gasteiger charge is -2.31. The molecule has 1 amide bonds. The fourth-order valence-electron chi connectivity index (χ4n) is 3.04. The zero-order valence-corrected chi connectivity index (χ0v) is 16.2. The van der Waals surface area contributed by atoms with E-state index in [4.69, 9.17) is 0 Å². The zero-order valence-electron chi connectivity index (χ0n) is 15.4. The molecule has 8 nitrogen and oxygen atoms in total. The van der Waals surface area contributed by atoms with Crippen molar-refractivity contribution < 1.29 is 22.7 Å². The summed E-state index contributed by atoms with van der Waals surface area (Å²) >= 11 is 0. The maximum absolute atomic E-state index is 12.8. The van der Waals surface area contributed by atoms with E-state index in [1.807, 2.05) is 0 Å². The van der Waals surface area contributed by atoms with Crippen molar-refractivity contribution in [3.05, 3.63) is 59.9 Å². The highest BCUT2D eigenvalue weighted by Crippen LogP contribution is 2.21. The topological polar surface area (TPSA) is 106 Å². The molecule has 3 rings (SSSR count). The van der Waals surface area contributed by atoms with E-state index in [1.54, 1.807) is 18.3 Å². The van der Waals surface area contributed by atoms with Gasteiger partial charge < -0.3 is 10.1 Å². The molecule has 28 heavy (non-hydrogen) atoms. The van der Waals surface area contributed by atoms with Gasteiger partial charge in [0.1, 0.15) is 0 Å². The molecule has 1 aromatic heterocycles. The largest absolute Gasteiger partial charge is 0.465 e. The third kappa shape index (κ3) is 4.37. The Morgan fingerprint density at radius 1 is 1.11 bits per heavy atom. The molecule has 9 heteroatoms. The number of benzene rings is 1. The summed E-state index contributed by atoms with van der Waals surface area (Å²) in [5.41, 5.74) is 0.765. The summed E-state index contributed by atoms with van der Waals surface area (Å²) in [5.74, 6) is -0.734. The number of methoxy groups -OCH3 is 1. The Labute approximate surface area is 163 Å². The SMILES string of the molecule is COC(=O)c1ccc(S(=O)(=O)N2CCC(NC(=O)c3cccnc3)CC2)cc1. The smallest absolute Gasteiger partial charge is 0.337 e. The Hall–Kier alpha value is -2.78. The molecule has 0 radical (unpaired) electrons. The molecule has 1 N–H and O–H groups in total. The van der Waals surface area contributed by atoms with Gasteiger partial charge in [-0.3, -0.25) is 9.78 Å². The number of hydrogen-bond acceptors (Lipinski definition) is 6. The highest BCUT2D eigenvalue weighted by molar-refractivity contribution is 7.89. The van der Waals surface area contributed by atoms with Gasteiger partial charge in [-0.05, 0) is 49.2 Å². The number of ether oxygens (including phenoxy) is 1. The zero-order chi connectivity index (χ0) is 20.1. The normalized spacial score (nSPS) is 15.8. The first-order valence-corrected chi connectivity index (χ1v) is 10.3. The van der Waals surface area contributed by atoms with Gasteiger partial charge in [-0.2, -0.15) is 4.31 Å². The molecule has 148 valence electrons. The predicted molar refractivity (Wildman–Crippen MR) is 101 cm³/mol. The third-order valence-electron chi connectivity index (χ3n) is 4.63. The number of esters is 1. The second-order valence-corrected chi connectivity index (χ2v) is 8.35. The van der Waals surface area contributed by atoms with Gasteiger partial charge in [0, 0.05) is 31.5 Å². The second kappa shape index (κ2) is 8.49. The summed E-state index contributed by atoms with van der Waals surface area (Å²) in [7, 11) is -2.39. The van der Waals surface area contributed by atoms with E-state index in [-0.39, 0.29) is 16.8 Å². The average Bonchev–Trinajstić information content (AvgIpc) is 2.74. The fourth-order valence-corrected chi connectivity index (χ4v) is 4.51.